The van der Waals surface area contributed by atoms with Crippen LogP contribution in [0.25, 0.3) is 10.3 Å². The van der Waals surface area contributed by atoms with Crippen molar-refractivity contribution in [2.75, 3.05) is 43.4 Å². The molecule has 4 aromatic rings. The molecule has 3 aliphatic rings. The van der Waals surface area contributed by atoms with Crippen LogP contribution in [0.3, 0.4) is 0 Å². The molecule has 0 unspecified atom stereocenters. The smallest absolute Gasteiger partial charge is 0.416 e. The fraction of sp³-hybridized carbons (Fsp3) is 0.394. The predicted octanol–water partition coefficient (Wildman–Crippen LogP) is 6.54. The number of urea groups is 1. The Morgan fingerprint density at radius 2 is 1.70 bits per heavy atom. The third-order valence-electron chi connectivity index (χ3n) is 8.79. The van der Waals surface area contributed by atoms with Crippen molar-refractivity contribution in [3.8, 4) is 11.6 Å². The average Bonchev–Trinajstić information content (AvgIpc) is 3.70. The molecule has 246 valence electrons. The number of carbonyl (C=O) groups excluding carboxylic acids is 2. The Kier molecular flexibility index (Phi) is 8.49. The first-order valence-corrected chi connectivity index (χ1v) is 16.5. The number of fused-ring (bicyclic) bond motifs is 2. The van der Waals surface area contributed by atoms with Gasteiger partial charge in [0.05, 0.1) is 5.56 Å². The lowest BCUT2D eigenvalue weighted by Gasteiger charge is -2.34. The fourth-order valence-electron chi connectivity index (χ4n) is 5.93. The number of nitrogens with zero attached hydrogens (tertiary/aromatic N) is 5. The number of thiazole rings is 1. The number of hydrogen-bond donors (Lipinski definition) is 2. The van der Waals surface area contributed by atoms with Crippen molar-refractivity contribution in [2.24, 2.45) is 5.92 Å². The number of pyridine rings is 1. The second kappa shape index (κ2) is 12.7. The van der Waals surface area contributed by atoms with Crippen LogP contribution in [0.2, 0.25) is 0 Å². The second-order valence-electron chi connectivity index (χ2n) is 12.2. The summed E-state index contributed by atoms with van der Waals surface area (Å²) in [4.78, 5) is 40.7. The Morgan fingerprint density at radius 1 is 0.936 bits per heavy atom. The molecule has 2 aromatic heterocycles. The molecule has 2 aromatic carbocycles. The number of anilines is 2. The maximum Gasteiger partial charge on any atom is 0.416 e. The molecule has 4 heterocycles. The number of hydrogen-bond acceptors (Lipinski definition) is 8. The molecule has 3 amide bonds. The van der Waals surface area contributed by atoms with Crippen LogP contribution in [0.4, 0.5) is 28.8 Å². The van der Waals surface area contributed by atoms with Crippen LogP contribution in [-0.2, 0) is 30.6 Å². The minimum Gasteiger partial charge on any atom is -0.439 e. The molecule has 0 bridgehead atoms. The number of nitrogens with one attached hydrogen (secondary N) is 2. The van der Waals surface area contributed by atoms with Gasteiger partial charge in [0.25, 0.3) is 0 Å². The predicted molar refractivity (Wildman–Crippen MR) is 172 cm³/mol. The molecule has 0 spiro atoms. The van der Waals surface area contributed by atoms with Crippen LogP contribution in [0.15, 0.2) is 48.5 Å². The highest BCUT2D eigenvalue weighted by Crippen LogP contribution is 2.36. The topological polar surface area (TPSA) is 103 Å². The number of rotatable bonds is 8. The van der Waals surface area contributed by atoms with Crippen LogP contribution in [0, 0.1) is 5.92 Å². The number of benzene rings is 2. The van der Waals surface area contributed by atoms with Gasteiger partial charge in [0, 0.05) is 63.5 Å². The number of piperazine rings is 1. The first kappa shape index (κ1) is 31.3. The van der Waals surface area contributed by atoms with Crippen LogP contribution in [-0.4, -0.2) is 69.3 Å². The van der Waals surface area contributed by atoms with Crippen molar-refractivity contribution in [3.63, 3.8) is 0 Å². The van der Waals surface area contributed by atoms with Gasteiger partial charge in [-0.15, -0.1) is 0 Å². The molecular formula is C33H34F3N7O3S. The van der Waals surface area contributed by atoms with Crippen molar-refractivity contribution < 1.29 is 27.5 Å². The van der Waals surface area contributed by atoms with Crippen LogP contribution in [0.5, 0.6) is 11.6 Å². The molecular weight excluding hydrogens is 631 g/mol. The second-order valence-corrected chi connectivity index (χ2v) is 13.1. The van der Waals surface area contributed by atoms with E-state index >= 15 is 0 Å². The average molecular weight is 666 g/mol. The lowest BCUT2D eigenvalue weighted by atomic mass is 10.0. The number of likely N-dealkylation sites (N-methyl/N-ethyl adjacent to an activating group) is 1. The number of alkyl halides is 3. The van der Waals surface area contributed by atoms with Gasteiger partial charge in [-0.3, -0.25) is 9.69 Å². The van der Waals surface area contributed by atoms with Gasteiger partial charge in [-0.2, -0.15) is 13.2 Å². The third kappa shape index (κ3) is 7.19. The quantitative estimate of drug-likeness (QED) is 0.221. The molecule has 2 N–H and O–H groups in total. The first-order valence-electron chi connectivity index (χ1n) is 15.7. The molecule has 0 radical (unpaired) electrons. The van der Waals surface area contributed by atoms with Gasteiger partial charge < -0.3 is 25.2 Å². The van der Waals surface area contributed by atoms with E-state index < -0.39 is 17.8 Å². The summed E-state index contributed by atoms with van der Waals surface area (Å²) in [6.07, 6.45) is -2.73. The molecule has 1 saturated carbocycles. The minimum atomic E-state index is -4.55. The van der Waals surface area contributed by atoms with E-state index in [9.17, 15) is 22.8 Å². The van der Waals surface area contributed by atoms with Gasteiger partial charge in [0.2, 0.25) is 11.8 Å². The summed E-state index contributed by atoms with van der Waals surface area (Å²) in [5.41, 5.74) is 2.02. The maximum absolute atomic E-state index is 14.1. The molecule has 47 heavy (non-hydrogen) atoms. The van der Waals surface area contributed by atoms with E-state index in [-0.39, 0.29) is 36.2 Å². The minimum absolute atomic E-state index is 0.0163. The number of carbonyl (C=O) groups is 2. The number of ether oxygens (including phenoxy) is 1. The van der Waals surface area contributed by atoms with Gasteiger partial charge in [-0.1, -0.05) is 30.4 Å². The molecule has 1 aliphatic carbocycles. The van der Waals surface area contributed by atoms with Crippen molar-refractivity contribution in [1.82, 2.24) is 24.7 Å². The maximum atomic E-state index is 14.1. The summed E-state index contributed by atoms with van der Waals surface area (Å²) in [6, 6.07) is 12.5. The van der Waals surface area contributed by atoms with Gasteiger partial charge in [0.15, 0.2) is 5.13 Å². The Bertz CT molecular complexity index is 1820. The zero-order valence-electron chi connectivity index (χ0n) is 25.8. The van der Waals surface area contributed by atoms with E-state index in [0.29, 0.717) is 46.7 Å². The fourth-order valence-corrected chi connectivity index (χ4v) is 6.76. The van der Waals surface area contributed by atoms with E-state index in [1.807, 2.05) is 17.0 Å². The van der Waals surface area contributed by atoms with Crippen LogP contribution in [0.1, 0.15) is 42.0 Å². The van der Waals surface area contributed by atoms with Crippen LogP contribution >= 0.6 is 11.3 Å². The first-order chi connectivity index (χ1) is 22.6. The van der Waals surface area contributed by atoms with Gasteiger partial charge >= 0.3 is 12.2 Å². The molecule has 2 aliphatic heterocycles. The largest absolute Gasteiger partial charge is 0.439 e. The van der Waals surface area contributed by atoms with Gasteiger partial charge in [-0.05, 0) is 66.4 Å². The number of halogens is 3. The number of aromatic nitrogens is 2. The van der Waals surface area contributed by atoms with Gasteiger partial charge in [0.1, 0.15) is 16.1 Å². The van der Waals surface area contributed by atoms with E-state index in [4.69, 9.17) is 4.74 Å². The molecule has 7 rings (SSSR count). The van der Waals surface area contributed by atoms with Crippen molar-refractivity contribution in [1.29, 1.82) is 0 Å². The summed E-state index contributed by atoms with van der Waals surface area (Å²) < 4.78 is 48.2. The lowest BCUT2D eigenvalue weighted by molar-refractivity contribution is -0.138. The van der Waals surface area contributed by atoms with Crippen LogP contribution < -0.4 is 15.4 Å². The molecule has 10 nitrogen and oxygen atoms in total. The Hall–Kier alpha value is -4.27. The van der Waals surface area contributed by atoms with E-state index in [1.165, 1.54) is 23.5 Å². The highest BCUT2D eigenvalue weighted by atomic mass is 32.1. The molecule has 1 saturated heterocycles. The highest BCUT2D eigenvalue weighted by molar-refractivity contribution is 7.21. The monoisotopic (exact) mass is 665 g/mol. The molecule has 2 fully saturated rings. The van der Waals surface area contributed by atoms with E-state index in [1.54, 1.807) is 23.1 Å². The third-order valence-corrected chi connectivity index (χ3v) is 9.67. The molecule has 0 atom stereocenters. The zero-order valence-corrected chi connectivity index (χ0v) is 26.6. The summed E-state index contributed by atoms with van der Waals surface area (Å²) in [6.45, 7) is 6.90. The Labute approximate surface area is 273 Å². The standard InChI is InChI=1S/C33H34F3N7O3S/c1-2-41-11-13-42(14-12-41)17-22-5-7-24(16-26(22)33(34,35)36)37-32(45)43-18-21-6-8-25(15-23(21)19-43)46-28-10-9-27-30(39-28)47-31(38-27)40-29(44)20-3-4-20/h5-10,15-16,20H,2-4,11-14,17-19H2,1H3,(H,37,45)(H,38,40,44). The summed E-state index contributed by atoms with van der Waals surface area (Å²) in [7, 11) is 0. The van der Waals surface area contributed by atoms with Crippen molar-refractivity contribution in [3.05, 3.63) is 70.8 Å². The van der Waals surface area contributed by atoms with Crippen molar-refractivity contribution >= 4 is 44.4 Å². The SMILES string of the molecule is CCN1CCN(Cc2ccc(NC(=O)N3Cc4ccc(Oc5ccc6nc(NC(=O)C7CC7)sc6n5)cc4C3)cc2C(F)(F)F)CC1. The summed E-state index contributed by atoms with van der Waals surface area (Å²) in [5, 5.41) is 6.01. The van der Waals surface area contributed by atoms with Gasteiger partial charge in [-0.25, -0.2) is 14.8 Å². The lowest BCUT2D eigenvalue weighted by Crippen LogP contribution is -2.45. The van der Waals surface area contributed by atoms with E-state index in [2.05, 4.69) is 32.4 Å². The molecule has 14 heteroatoms. The Balaban J connectivity index is 0.981. The summed E-state index contributed by atoms with van der Waals surface area (Å²) >= 11 is 1.28. The highest BCUT2D eigenvalue weighted by Gasteiger charge is 2.35. The number of amides is 3. The zero-order chi connectivity index (χ0) is 32.7. The summed E-state index contributed by atoms with van der Waals surface area (Å²) in [5.74, 6) is 0.955. The van der Waals surface area contributed by atoms with Crippen molar-refractivity contribution in [2.45, 2.75) is 45.6 Å². The van der Waals surface area contributed by atoms with E-state index in [0.717, 1.165) is 49.7 Å². The normalized spacial score (nSPS) is 17.1. The Morgan fingerprint density at radius 3 is 2.45 bits per heavy atom.